The number of para-hydroxylation sites is 1. The average Bonchev–Trinajstić information content (AvgIpc) is 2.51. The second-order valence-corrected chi connectivity index (χ2v) is 5.63. The summed E-state index contributed by atoms with van der Waals surface area (Å²) in [5.74, 6) is 0.0276. The molecule has 0 saturated heterocycles. The molecule has 1 amide bonds. The molecule has 23 heavy (non-hydrogen) atoms. The largest absolute Gasteiger partial charge is 0.385 e. The van der Waals surface area contributed by atoms with Gasteiger partial charge in [0.15, 0.2) is 5.78 Å². The van der Waals surface area contributed by atoms with Crippen LogP contribution in [0.3, 0.4) is 0 Å². The van der Waals surface area contributed by atoms with Gasteiger partial charge in [0.2, 0.25) is 5.91 Å². The van der Waals surface area contributed by atoms with Crippen LogP contribution in [0.15, 0.2) is 42.5 Å². The lowest BCUT2D eigenvalue weighted by Gasteiger charge is -2.12. The van der Waals surface area contributed by atoms with E-state index in [9.17, 15) is 9.59 Å². The number of carbonyl (C=O) groups excluding carboxylic acids is 2. The summed E-state index contributed by atoms with van der Waals surface area (Å²) >= 11 is 0. The number of nitrogens with one attached hydrogen (secondary N) is 2. The topological polar surface area (TPSA) is 58.2 Å². The average molecular weight is 310 g/mol. The molecule has 0 radical (unpaired) electrons. The van der Waals surface area contributed by atoms with Crippen molar-refractivity contribution in [1.29, 1.82) is 0 Å². The maximum Gasteiger partial charge on any atom is 0.226 e. The van der Waals surface area contributed by atoms with E-state index in [4.69, 9.17) is 0 Å². The molecule has 0 aliphatic carbocycles. The van der Waals surface area contributed by atoms with Gasteiger partial charge in [0.1, 0.15) is 0 Å². The van der Waals surface area contributed by atoms with E-state index in [1.807, 2.05) is 44.2 Å². The lowest BCUT2D eigenvalue weighted by Crippen LogP contribution is -2.17. The number of carbonyl (C=O) groups is 2. The van der Waals surface area contributed by atoms with E-state index < -0.39 is 0 Å². The third-order valence-corrected chi connectivity index (χ3v) is 3.72. The highest BCUT2D eigenvalue weighted by Gasteiger charge is 2.07. The van der Waals surface area contributed by atoms with E-state index >= 15 is 0 Å². The molecular weight excluding hydrogens is 288 g/mol. The zero-order valence-electron chi connectivity index (χ0n) is 13.8. The second-order valence-electron chi connectivity index (χ2n) is 5.63. The van der Waals surface area contributed by atoms with Gasteiger partial charge in [-0.2, -0.15) is 0 Å². The fourth-order valence-corrected chi connectivity index (χ4v) is 2.36. The first kappa shape index (κ1) is 16.7. The van der Waals surface area contributed by atoms with Crippen molar-refractivity contribution in [3.05, 3.63) is 59.2 Å². The predicted octanol–water partition coefficient (Wildman–Crippen LogP) is 3.95. The third kappa shape index (κ3) is 4.68. The Hall–Kier alpha value is -2.62. The summed E-state index contributed by atoms with van der Waals surface area (Å²) in [5.41, 5.74) is 4.60. The number of hydrogen-bond donors (Lipinski definition) is 2. The van der Waals surface area contributed by atoms with Gasteiger partial charge >= 0.3 is 0 Å². The highest BCUT2D eigenvalue weighted by molar-refractivity contribution is 5.94. The molecule has 0 atom stereocenters. The molecule has 0 aliphatic rings. The molecule has 2 aromatic rings. The van der Waals surface area contributed by atoms with Crippen LogP contribution in [-0.4, -0.2) is 18.2 Å². The van der Waals surface area contributed by atoms with Gasteiger partial charge in [0.25, 0.3) is 0 Å². The third-order valence-electron chi connectivity index (χ3n) is 3.72. The Morgan fingerprint density at radius 1 is 0.957 bits per heavy atom. The Bertz CT molecular complexity index is 686. The van der Waals surface area contributed by atoms with Crippen LogP contribution in [0.4, 0.5) is 11.4 Å². The van der Waals surface area contributed by atoms with Crippen molar-refractivity contribution >= 4 is 23.1 Å². The number of Topliss-reactive ketones (excluding diaryl/α,β-unsaturated/α-hetero) is 1. The summed E-state index contributed by atoms with van der Waals surface area (Å²) < 4.78 is 0. The second kappa shape index (κ2) is 7.58. The predicted molar refractivity (Wildman–Crippen MR) is 94.1 cm³/mol. The molecule has 2 rings (SSSR count). The standard InChI is InChI=1S/C19H22N2O2/c1-13-5-4-6-14(2)19(13)21-18(23)11-12-20-17-9-7-16(8-10-17)15(3)22/h4-10,20H,11-12H2,1-3H3,(H,21,23). The van der Waals surface area contributed by atoms with Crippen molar-refractivity contribution in [1.82, 2.24) is 0 Å². The van der Waals surface area contributed by atoms with Gasteiger partial charge in [-0.15, -0.1) is 0 Å². The van der Waals surface area contributed by atoms with Crippen molar-refractivity contribution in [3.63, 3.8) is 0 Å². The van der Waals surface area contributed by atoms with E-state index in [2.05, 4.69) is 10.6 Å². The maximum absolute atomic E-state index is 12.1. The van der Waals surface area contributed by atoms with Crippen LogP contribution < -0.4 is 10.6 Å². The maximum atomic E-state index is 12.1. The molecule has 4 heteroatoms. The summed E-state index contributed by atoms with van der Waals surface area (Å²) in [6, 6.07) is 13.2. The molecule has 120 valence electrons. The number of aryl methyl sites for hydroxylation is 2. The molecule has 0 aliphatic heterocycles. The van der Waals surface area contributed by atoms with Gasteiger partial charge < -0.3 is 10.6 Å². The molecule has 0 heterocycles. The van der Waals surface area contributed by atoms with Gasteiger partial charge in [0, 0.05) is 29.9 Å². The van der Waals surface area contributed by atoms with Crippen molar-refractivity contribution in [2.45, 2.75) is 27.2 Å². The highest BCUT2D eigenvalue weighted by Crippen LogP contribution is 2.19. The summed E-state index contributed by atoms with van der Waals surface area (Å²) in [6.07, 6.45) is 0.377. The normalized spacial score (nSPS) is 10.2. The number of ketones is 1. The van der Waals surface area contributed by atoms with Crippen molar-refractivity contribution < 1.29 is 9.59 Å². The molecular formula is C19H22N2O2. The summed E-state index contributed by atoms with van der Waals surface area (Å²) in [6.45, 7) is 6.05. The number of hydrogen-bond acceptors (Lipinski definition) is 3. The zero-order chi connectivity index (χ0) is 16.8. The first-order chi connectivity index (χ1) is 11.0. The quantitative estimate of drug-likeness (QED) is 0.794. The van der Waals surface area contributed by atoms with Crippen molar-refractivity contribution in [3.8, 4) is 0 Å². The van der Waals surface area contributed by atoms with Crippen LogP contribution in [0.5, 0.6) is 0 Å². The minimum Gasteiger partial charge on any atom is -0.385 e. The Morgan fingerprint density at radius 2 is 1.57 bits per heavy atom. The number of anilines is 2. The molecule has 4 nitrogen and oxygen atoms in total. The van der Waals surface area contributed by atoms with Crippen molar-refractivity contribution in [2.75, 3.05) is 17.2 Å². The molecule has 0 fully saturated rings. The first-order valence-electron chi connectivity index (χ1n) is 7.68. The fraction of sp³-hybridized carbons (Fsp3) is 0.263. The van der Waals surface area contributed by atoms with Crippen LogP contribution in [0.2, 0.25) is 0 Å². The Balaban J connectivity index is 1.84. The highest BCUT2D eigenvalue weighted by atomic mass is 16.1. The van der Waals surface area contributed by atoms with Crippen molar-refractivity contribution in [2.24, 2.45) is 0 Å². The lowest BCUT2D eigenvalue weighted by molar-refractivity contribution is -0.116. The zero-order valence-corrected chi connectivity index (χ0v) is 13.8. The van der Waals surface area contributed by atoms with Gasteiger partial charge in [0.05, 0.1) is 0 Å². The molecule has 0 saturated carbocycles. The molecule has 0 aromatic heterocycles. The summed E-state index contributed by atoms with van der Waals surface area (Å²) in [5, 5.41) is 6.15. The molecule has 0 spiro atoms. The minimum absolute atomic E-state index is 0.0183. The number of rotatable bonds is 6. The minimum atomic E-state index is -0.0183. The van der Waals surface area contributed by atoms with Gasteiger partial charge in [-0.3, -0.25) is 9.59 Å². The van der Waals surface area contributed by atoms with Gasteiger partial charge in [-0.05, 0) is 56.2 Å². The Kier molecular flexibility index (Phi) is 5.52. The van der Waals surface area contributed by atoms with Crippen LogP contribution in [0.1, 0.15) is 34.8 Å². The molecule has 2 aromatic carbocycles. The lowest BCUT2D eigenvalue weighted by atomic mass is 10.1. The molecule has 2 N–H and O–H groups in total. The summed E-state index contributed by atoms with van der Waals surface area (Å²) in [7, 11) is 0. The monoisotopic (exact) mass is 310 g/mol. The van der Waals surface area contributed by atoms with E-state index in [0.29, 0.717) is 18.5 Å². The van der Waals surface area contributed by atoms with Gasteiger partial charge in [-0.25, -0.2) is 0 Å². The Labute approximate surface area is 136 Å². The summed E-state index contributed by atoms with van der Waals surface area (Å²) in [4.78, 5) is 23.3. The van der Waals surface area contributed by atoms with Crippen LogP contribution in [0, 0.1) is 13.8 Å². The van der Waals surface area contributed by atoms with Gasteiger partial charge in [-0.1, -0.05) is 18.2 Å². The number of amides is 1. The van der Waals surface area contributed by atoms with E-state index in [1.165, 1.54) is 0 Å². The van der Waals surface area contributed by atoms with Crippen LogP contribution in [-0.2, 0) is 4.79 Å². The number of benzene rings is 2. The van der Waals surface area contributed by atoms with E-state index in [0.717, 1.165) is 22.5 Å². The van der Waals surface area contributed by atoms with Crippen LogP contribution >= 0.6 is 0 Å². The van der Waals surface area contributed by atoms with E-state index in [-0.39, 0.29) is 11.7 Å². The van der Waals surface area contributed by atoms with E-state index in [1.54, 1.807) is 19.1 Å². The molecule has 0 bridgehead atoms. The van der Waals surface area contributed by atoms with Crippen LogP contribution in [0.25, 0.3) is 0 Å². The SMILES string of the molecule is CC(=O)c1ccc(NCCC(=O)Nc2c(C)cccc2C)cc1. The molecule has 0 unspecified atom stereocenters. The fourth-order valence-electron chi connectivity index (χ4n) is 2.36. The smallest absolute Gasteiger partial charge is 0.226 e. The Morgan fingerprint density at radius 3 is 2.13 bits per heavy atom. The first-order valence-corrected chi connectivity index (χ1v) is 7.68.